The monoisotopic (exact) mass is 476 g/mol. The van der Waals surface area contributed by atoms with E-state index in [-0.39, 0.29) is 34.8 Å². The van der Waals surface area contributed by atoms with Crippen LogP contribution in [0.2, 0.25) is 5.02 Å². The zero-order chi connectivity index (χ0) is 22.0. The van der Waals surface area contributed by atoms with Crippen molar-refractivity contribution >= 4 is 61.3 Å². The Kier molecular flexibility index (Phi) is 5.94. The zero-order valence-corrected chi connectivity index (χ0v) is 18.4. The molecule has 8 nitrogen and oxygen atoms in total. The number of carbonyl (C=O) groups is 2. The van der Waals surface area contributed by atoms with Crippen molar-refractivity contribution in [2.24, 2.45) is 5.92 Å². The summed E-state index contributed by atoms with van der Waals surface area (Å²) in [5.41, 5.74) is 1.01. The van der Waals surface area contributed by atoms with Crippen LogP contribution in [0.3, 0.4) is 0 Å². The Labute approximate surface area is 187 Å². The summed E-state index contributed by atoms with van der Waals surface area (Å²) < 4.78 is 27.2. The Morgan fingerprint density at radius 3 is 2.58 bits per heavy atom. The number of anilines is 3. The third-order valence-electron chi connectivity index (χ3n) is 4.73. The summed E-state index contributed by atoms with van der Waals surface area (Å²) in [6, 6.07) is 12.8. The Balaban J connectivity index is 1.41. The summed E-state index contributed by atoms with van der Waals surface area (Å²) in [7, 11) is -3.77. The molecule has 3 aromatic rings. The topological polar surface area (TPSA) is 108 Å². The van der Waals surface area contributed by atoms with Gasteiger partial charge in [0, 0.05) is 30.2 Å². The van der Waals surface area contributed by atoms with Crippen molar-refractivity contribution < 1.29 is 18.0 Å². The lowest BCUT2D eigenvalue weighted by Crippen LogP contribution is -2.28. The van der Waals surface area contributed by atoms with Crippen LogP contribution in [0.25, 0.3) is 0 Å². The largest absolute Gasteiger partial charge is 0.326 e. The minimum Gasteiger partial charge on any atom is -0.326 e. The van der Waals surface area contributed by atoms with Crippen molar-refractivity contribution in [3.05, 3.63) is 65.1 Å². The highest BCUT2D eigenvalue weighted by Gasteiger charge is 2.35. The number of carbonyl (C=O) groups excluding carboxylic acids is 2. The first-order chi connectivity index (χ1) is 14.8. The highest BCUT2D eigenvalue weighted by molar-refractivity contribution is 7.93. The fourth-order valence-electron chi connectivity index (χ4n) is 3.20. The highest BCUT2D eigenvalue weighted by atomic mass is 35.5. The fourth-order valence-corrected chi connectivity index (χ4v) is 5.22. The predicted octanol–water partition coefficient (Wildman–Crippen LogP) is 3.59. The van der Waals surface area contributed by atoms with E-state index < -0.39 is 15.9 Å². The van der Waals surface area contributed by atoms with Crippen LogP contribution < -0.4 is 14.9 Å². The zero-order valence-electron chi connectivity index (χ0n) is 16.0. The van der Waals surface area contributed by atoms with Gasteiger partial charge in [-0.1, -0.05) is 23.7 Å². The molecule has 4 rings (SSSR count). The van der Waals surface area contributed by atoms with E-state index in [0.29, 0.717) is 16.4 Å². The van der Waals surface area contributed by atoms with Gasteiger partial charge in [-0.05, 0) is 36.4 Å². The molecule has 2 amide bonds. The van der Waals surface area contributed by atoms with Crippen molar-refractivity contribution in [2.75, 3.05) is 21.5 Å². The molecule has 1 unspecified atom stereocenters. The molecule has 11 heteroatoms. The second-order valence-corrected chi connectivity index (χ2v) is 9.80. The van der Waals surface area contributed by atoms with Crippen LogP contribution in [0.5, 0.6) is 0 Å². The van der Waals surface area contributed by atoms with Crippen LogP contribution in [-0.4, -0.2) is 31.8 Å². The van der Waals surface area contributed by atoms with Gasteiger partial charge in [-0.3, -0.25) is 14.3 Å². The molecule has 2 heterocycles. The Morgan fingerprint density at radius 2 is 1.90 bits per heavy atom. The molecule has 2 N–H and O–H groups in total. The Morgan fingerprint density at radius 1 is 1.16 bits per heavy atom. The van der Waals surface area contributed by atoms with Crippen LogP contribution >= 0.6 is 22.9 Å². The molecule has 1 aliphatic rings. The molecule has 1 atom stereocenters. The van der Waals surface area contributed by atoms with Gasteiger partial charge < -0.3 is 10.2 Å². The van der Waals surface area contributed by atoms with Crippen molar-refractivity contribution in [1.29, 1.82) is 0 Å². The smallest absolute Gasteiger partial charge is 0.263 e. The lowest BCUT2D eigenvalue weighted by atomic mass is 10.1. The van der Waals surface area contributed by atoms with Crippen molar-refractivity contribution in [2.45, 2.75) is 11.3 Å². The molecule has 160 valence electrons. The van der Waals surface area contributed by atoms with Gasteiger partial charge in [-0.2, -0.15) is 0 Å². The maximum atomic E-state index is 12.7. The van der Waals surface area contributed by atoms with Gasteiger partial charge >= 0.3 is 0 Å². The molecule has 31 heavy (non-hydrogen) atoms. The normalized spacial score (nSPS) is 16.4. The van der Waals surface area contributed by atoms with E-state index in [4.69, 9.17) is 11.6 Å². The maximum absolute atomic E-state index is 12.7. The number of halogens is 1. The lowest BCUT2D eigenvalue weighted by molar-refractivity contribution is -0.122. The van der Waals surface area contributed by atoms with E-state index in [1.54, 1.807) is 29.6 Å². The summed E-state index contributed by atoms with van der Waals surface area (Å²) in [5.74, 6) is -1.04. The number of thiazole rings is 1. The van der Waals surface area contributed by atoms with Gasteiger partial charge in [0.2, 0.25) is 11.8 Å². The lowest BCUT2D eigenvalue weighted by Gasteiger charge is -2.18. The Hall–Kier alpha value is -2.95. The number of amides is 2. The van der Waals surface area contributed by atoms with Gasteiger partial charge in [-0.15, -0.1) is 11.3 Å². The molecule has 0 bridgehead atoms. The highest BCUT2D eigenvalue weighted by Crippen LogP contribution is 2.31. The van der Waals surface area contributed by atoms with Gasteiger partial charge in [-0.25, -0.2) is 13.4 Å². The number of nitrogens with zero attached hydrogens (tertiary/aromatic N) is 2. The van der Waals surface area contributed by atoms with E-state index in [0.717, 1.165) is 0 Å². The molecule has 1 aromatic heterocycles. The van der Waals surface area contributed by atoms with E-state index in [1.165, 1.54) is 46.7 Å². The van der Waals surface area contributed by atoms with Crippen LogP contribution in [0.1, 0.15) is 6.42 Å². The summed E-state index contributed by atoms with van der Waals surface area (Å²) >= 11 is 7.34. The van der Waals surface area contributed by atoms with Crippen molar-refractivity contribution in [3.8, 4) is 0 Å². The average molecular weight is 477 g/mol. The third-order valence-corrected chi connectivity index (χ3v) is 7.22. The Bertz CT molecular complexity index is 1210. The molecule has 0 aliphatic carbocycles. The minimum atomic E-state index is -3.77. The number of para-hydroxylation sites is 1. The third kappa shape index (κ3) is 4.71. The molecule has 0 spiro atoms. The van der Waals surface area contributed by atoms with Crippen LogP contribution in [0.15, 0.2) is 65.0 Å². The number of benzene rings is 2. The average Bonchev–Trinajstić information content (AvgIpc) is 3.38. The quantitative estimate of drug-likeness (QED) is 0.565. The molecule has 2 aromatic carbocycles. The first-order valence-corrected chi connectivity index (χ1v) is 12.0. The molecule has 1 aliphatic heterocycles. The summed E-state index contributed by atoms with van der Waals surface area (Å²) in [6.07, 6.45) is 1.57. The molecule has 0 radical (unpaired) electrons. The first-order valence-electron chi connectivity index (χ1n) is 9.21. The molecule has 1 fully saturated rings. The first kappa shape index (κ1) is 21.3. The van der Waals surface area contributed by atoms with Crippen LogP contribution in [0, 0.1) is 5.92 Å². The van der Waals surface area contributed by atoms with Crippen molar-refractivity contribution in [1.82, 2.24) is 4.98 Å². The van der Waals surface area contributed by atoms with E-state index >= 15 is 0 Å². The second kappa shape index (κ2) is 8.66. The van der Waals surface area contributed by atoms with E-state index in [1.807, 2.05) is 0 Å². The number of aromatic nitrogens is 1. The maximum Gasteiger partial charge on any atom is 0.263 e. The number of rotatable bonds is 6. The fraction of sp³-hybridized carbons (Fsp3) is 0.150. The van der Waals surface area contributed by atoms with E-state index in [9.17, 15) is 18.0 Å². The summed E-state index contributed by atoms with van der Waals surface area (Å²) in [5, 5.41) is 5.12. The van der Waals surface area contributed by atoms with Gasteiger partial charge in [0.05, 0.1) is 21.5 Å². The number of hydrogen-bond donors (Lipinski definition) is 2. The van der Waals surface area contributed by atoms with E-state index in [2.05, 4.69) is 15.0 Å². The number of nitrogens with one attached hydrogen (secondary N) is 2. The number of hydrogen-bond acceptors (Lipinski definition) is 6. The second-order valence-electron chi connectivity index (χ2n) is 6.81. The van der Waals surface area contributed by atoms with Crippen LogP contribution in [0.4, 0.5) is 16.5 Å². The van der Waals surface area contributed by atoms with Gasteiger partial charge in [0.1, 0.15) is 0 Å². The summed E-state index contributed by atoms with van der Waals surface area (Å²) in [6.45, 7) is 0.221. The molecule has 0 saturated carbocycles. The van der Waals surface area contributed by atoms with Gasteiger partial charge in [0.15, 0.2) is 5.13 Å². The molecule has 1 saturated heterocycles. The summed E-state index contributed by atoms with van der Waals surface area (Å²) in [4.78, 5) is 30.5. The molecular weight excluding hydrogens is 460 g/mol. The van der Waals surface area contributed by atoms with Crippen molar-refractivity contribution in [3.63, 3.8) is 0 Å². The predicted molar refractivity (Wildman–Crippen MR) is 120 cm³/mol. The standard InChI is InChI=1S/C20H17ClN4O4S2/c21-16-3-1-2-4-17(16)25-12-13(11-18(25)26)19(27)23-14-5-7-15(8-6-14)31(28,29)24-20-22-9-10-30-20/h1-10,13H,11-12H2,(H,22,24)(H,23,27). The number of sulfonamides is 1. The SMILES string of the molecule is O=C(Nc1ccc(S(=O)(=O)Nc2nccs2)cc1)C1CC(=O)N(c2ccccc2Cl)C1. The van der Waals surface area contributed by atoms with Gasteiger partial charge in [0.25, 0.3) is 10.0 Å². The molecular formula is C20H17ClN4O4S2. The van der Waals surface area contributed by atoms with Crippen LogP contribution in [-0.2, 0) is 19.6 Å². The minimum absolute atomic E-state index is 0.0432.